The van der Waals surface area contributed by atoms with Crippen LogP contribution in [0.3, 0.4) is 0 Å². The van der Waals surface area contributed by atoms with Crippen molar-refractivity contribution in [2.45, 2.75) is 44.6 Å². The molecule has 0 bridgehead atoms. The van der Waals surface area contributed by atoms with Crippen molar-refractivity contribution in [3.63, 3.8) is 0 Å². The van der Waals surface area contributed by atoms with Gasteiger partial charge in [0.2, 0.25) is 0 Å². The molecule has 0 aromatic heterocycles. The molecule has 0 aromatic carbocycles. The molecule has 2 fully saturated rings. The quantitative estimate of drug-likeness (QED) is 0.623. The minimum Gasteiger partial charge on any atom is -0.380 e. The van der Waals surface area contributed by atoms with Gasteiger partial charge < -0.3 is 15.0 Å². The first-order valence-electron chi connectivity index (χ1n) is 7.34. The molecule has 1 N–H and O–H groups in total. The smallest absolute Gasteiger partial charge is 0.0593 e. The zero-order valence-corrected chi connectivity index (χ0v) is 11.3. The van der Waals surface area contributed by atoms with Crippen molar-refractivity contribution in [2.75, 3.05) is 39.9 Å². The average molecular weight is 240 g/mol. The first-order valence-corrected chi connectivity index (χ1v) is 7.34. The Morgan fingerprint density at radius 2 is 1.88 bits per heavy atom. The Labute approximate surface area is 106 Å². The molecular weight excluding hydrogens is 212 g/mol. The van der Waals surface area contributed by atoms with Crippen molar-refractivity contribution < 1.29 is 4.74 Å². The second-order valence-corrected chi connectivity index (χ2v) is 5.76. The number of likely N-dealkylation sites (N-methyl/N-ethyl adjacent to an activating group) is 1. The molecule has 0 aliphatic heterocycles. The topological polar surface area (TPSA) is 24.5 Å². The highest BCUT2D eigenvalue weighted by molar-refractivity contribution is 4.74. The van der Waals surface area contributed by atoms with Gasteiger partial charge in [-0.1, -0.05) is 12.8 Å². The summed E-state index contributed by atoms with van der Waals surface area (Å²) < 4.78 is 5.65. The summed E-state index contributed by atoms with van der Waals surface area (Å²) in [6.45, 7) is 5.23. The van der Waals surface area contributed by atoms with Crippen LogP contribution in [-0.2, 0) is 4.74 Å². The Morgan fingerprint density at radius 3 is 2.59 bits per heavy atom. The fraction of sp³-hybridized carbons (Fsp3) is 1.00. The molecule has 17 heavy (non-hydrogen) atoms. The fourth-order valence-electron chi connectivity index (χ4n) is 2.46. The molecule has 0 spiro atoms. The molecule has 0 atom stereocenters. The van der Waals surface area contributed by atoms with E-state index in [0.29, 0.717) is 0 Å². The van der Waals surface area contributed by atoms with Gasteiger partial charge in [-0.3, -0.25) is 0 Å². The summed E-state index contributed by atoms with van der Waals surface area (Å²) >= 11 is 0. The second-order valence-electron chi connectivity index (χ2n) is 5.76. The van der Waals surface area contributed by atoms with Crippen LogP contribution in [0.15, 0.2) is 0 Å². The van der Waals surface area contributed by atoms with E-state index in [4.69, 9.17) is 4.74 Å². The minimum absolute atomic E-state index is 0.800. The van der Waals surface area contributed by atoms with Crippen molar-refractivity contribution in [3.05, 3.63) is 0 Å². The molecule has 2 rings (SSSR count). The number of nitrogens with zero attached hydrogens (tertiary/aromatic N) is 1. The molecule has 0 radical (unpaired) electrons. The Bertz CT molecular complexity index is 200. The van der Waals surface area contributed by atoms with Gasteiger partial charge >= 0.3 is 0 Å². The third-order valence-electron chi connectivity index (χ3n) is 3.95. The summed E-state index contributed by atoms with van der Waals surface area (Å²) in [6.07, 6.45) is 8.38. The maximum atomic E-state index is 5.65. The lowest BCUT2D eigenvalue weighted by atomic mass is 10.2. The number of hydrogen-bond donors (Lipinski definition) is 1. The highest BCUT2D eigenvalue weighted by Gasteiger charge is 2.20. The van der Waals surface area contributed by atoms with Crippen LogP contribution in [0, 0.1) is 5.92 Å². The lowest BCUT2D eigenvalue weighted by Gasteiger charge is -2.18. The van der Waals surface area contributed by atoms with Gasteiger partial charge in [-0.05, 0) is 38.6 Å². The Morgan fingerprint density at radius 1 is 1.12 bits per heavy atom. The van der Waals surface area contributed by atoms with Crippen LogP contribution >= 0.6 is 0 Å². The van der Waals surface area contributed by atoms with Crippen LogP contribution in [0.4, 0.5) is 0 Å². The zero-order chi connectivity index (χ0) is 11.9. The predicted molar refractivity (Wildman–Crippen MR) is 71.3 cm³/mol. The number of ether oxygens (including phenoxy) is 1. The summed E-state index contributed by atoms with van der Waals surface area (Å²) in [6, 6.07) is 0.800. The summed E-state index contributed by atoms with van der Waals surface area (Å²) in [4.78, 5) is 2.37. The summed E-state index contributed by atoms with van der Waals surface area (Å²) in [5, 5.41) is 3.65. The second kappa shape index (κ2) is 7.34. The number of hydrogen-bond acceptors (Lipinski definition) is 3. The van der Waals surface area contributed by atoms with Crippen LogP contribution < -0.4 is 5.32 Å². The van der Waals surface area contributed by atoms with Gasteiger partial charge in [0.15, 0.2) is 0 Å². The van der Waals surface area contributed by atoms with Gasteiger partial charge in [-0.15, -0.1) is 0 Å². The average Bonchev–Trinajstić information content (AvgIpc) is 3.00. The summed E-state index contributed by atoms with van der Waals surface area (Å²) in [7, 11) is 2.19. The molecule has 2 aliphatic carbocycles. The third kappa shape index (κ3) is 5.84. The highest BCUT2D eigenvalue weighted by atomic mass is 16.5. The number of rotatable bonds is 9. The predicted octanol–water partition coefficient (Wildman–Crippen LogP) is 1.88. The van der Waals surface area contributed by atoms with Crippen LogP contribution in [0.25, 0.3) is 0 Å². The lowest BCUT2D eigenvalue weighted by molar-refractivity contribution is 0.103. The van der Waals surface area contributed by atoms with Gasteiger partial charge in [-0.2, -0.15) is 0 Å². The van der Waals surface area contributed by atoms with Gasteiger partial charge in [0.25, 0.3) is 0 Å². The van der Waals surface area contributed by atoms with Crippen molar-refractivity contribution in [3.8, 4) is 0 Å². The first-order chi connectivity index (χ1) is 8.34. The molecule has 3 heteroatoms. The highest BCUT2D eigenvalue weighted by Crippen LogP contribution is 2.28. The first kappa shape index (κ1) is 13.3. The molecule has 3 nitrogen and oxygen atoms in total. The molecule has 0 aromatic rings. The molecular formula is C14H28N2O. The maximum absolute atomic E-state index is 5.65. The van der Waals surface area contributed by atoms with E-state index in [1.165, 1.54) is 38.5 Å². The van der Waals surface area contributed by atoms with E-state index in [1.54, 1.807) is 0 Å². The van der Waals surface area contributed by atoms with Crippen molar-refractivity contribution in [2.24, 2.45) is 5.92 Å². The zero-order valence-electron chi connectivity index (χ0n) is 11.3. The maximum Gasteiger partial charge on any atom is 0.0593 e. The number of nitrogens with one attached hydrogen (secondary N) is 1. The van der Waals surface area contributed by atoms with Crippen molar-refractivity contribution in [1.82, 2.24) is 10.2 Å². The standard InChI is InChI=1S/C14H28N2O/c1-16(10-11-17-12-13-6-7-13)9-8-15-14-4-2-3-5-14/h13-15H,2-12H2,1H3. The minimum atomic E-state index is 0.800. The van der Waals surface area contributed by atoms with Gasteiger partial charge in [-0.25, -0.2) is 0 Å². The summed E-state index contributed by atoms with van der Waals surface area (Å²) in [5.74, 6) is 0.893. The van der Waals surface area contributed by atoms with E-state index in [0.717, 1.165) is 44.8 Å². The van der Waals surface area contributed by atoms with E-state index in [1.807, 2.05) is 0 Å². The molecule has 100 valence electrons. The normalized spacial score (nSPS) is 21.5. The van der Waals surface area contributed by atoms with Gasteiger partial charge in [0, 0.05) is 32.3 Å². The van der Waals surface area contributed by atoms with E-state index >= 15 is 0 Å². The molecule has 0 heterocycles. The molecule has 2 saturated carbocycles. The Kier molecular flexibility index (Phi) is 5.75. The van der Waals surface area contributed by atoms with Gasteiger partial charge in [0.05, 0.1) is 6.61 Å². The Hall–Kier alpha value is -0.120. The SMILES string of the molecule is CN(CCNC1CCCC1)CCOCC1CC1. The molecule has 2 aliphatic rings. The Balaban J connectivity index is 1.38. The van der Waals surface area contributed by atoms with Crippen LogP contribution in [0.5, 0.6) is 0 Å². The molecule has 0 amide bonds. The summed E-state index contributed by atoms with van der Waals surface area (Å²) in [5.41, 5.74) is 0. The monoisotopic (exact) mass is 240 g/mol. The van der Waals surface area contributed by atoms with E-state index < -0.39 is 0 Å². The van der Waals surface area contributed by atoms with Gasteiger partial charge in [0.1, 0.15) is 0 Å². The van der Waals surface area contributed by atoms with Crippen molar-refractivity contribution in [1.29, 1.82) is 0 Å². The largest absolute Gasteiger partial charge is 0.380 e. The van der Waals surface area contributed by atoms with Crippen LogP contribution in [0.2, 0.25) is 0 Å². The van der Waals surface area contributed by atoms with E-state index in [-0.39, 0.29) is 0 Å². The fourth-order valence-corrected chi connectivity index (χ4v) is 2.46. The third-order valence-corrected chi connectivity index (χ3v) is 3.95. The van der Waals surface area contributed by atoms with E-state index in [9.17, 15) is 0 Å². The van der Waals surface area contributed by atoms with Crippen molar-refractivity contribution >= 4 is 0 Å². The van der Waals surface area contributed by atoms with Crippen LogP contribution in [0.1, 0.15) is 38.5 Å². The lowest BCUT2D eigenvalue weighted by Crippen LogP contribution is -2.35. The van der Waals surface area contributed by atoms with Crippen LogP contribution in [-0.4, -0.2) is 50.8 Å². The molecule has 0 saturated heterocycles. The van der Waals surface area contributed by atoms with E-state index in [2.05, 4.69) is 17.3 Å². The molecule has 0 unspecified atom stereocenters.